The topological polar surface area (TPSA) is 65.1 Å². The summed E-state index contributed by atoms with van der Waals surface area (Å²) in [7, 11) is 3.60. The molecule has 0 aliphatic carbocycles. The van der Waals surface area contributed by atoms with Gasteiger partial charge in [-0.15, -0.1) is 0 Å². The predicted octanol–water partition coefficient (Wildman–Crippen LogP) is 1.67. The number of ether oxygens (including phenoxy) is 1. The Bertz CT molecular complexity index is 521. The third-order valence-electron chi connectivity index (χ3n) is 2.87. The molecule has 2 rings (SSSR count). The van der Waals surface area contributed by atoms with Gasteiger partial charge in [-0.05, 0) is 12.1 Å². The smallest absolute Gasteiger partial charge is 0.143 e. The number of nitrogens with one attached hydrogen (secondary N) is 1. The molecule has 18 heavy (non-hydrogen) atoms. The molecule has 5 heteroatoms. The Labute approximate surface area is 107 Å². The first-order valence-corrected chi connectivity index (χ1v) is 5.85. The number of rotatable bonds is 5. The van der Waals surface area contributed by atoms with E-state index in [2.05, 4.69) is 10.3 Å². The highest BCUT2D eigenvalue weighted by Crippen LogP contribution is 2.28. The average molecular weight is 246 g/mol. The SMILES string of the molecule is COc1cccc(NCCc2nccn2C)c1N. The van der Waals surface area contributed by atoms with Gasteiger partial charge in [0.15, 0.2) is 0 Å². The minimum Gasteiger partial charge on any atom is -0.495 e. The standard InChI is InChI=1S/C13H18N4O/c1-17-9-8-16-12(17)6-7-15-10-4-3-5-11(18-2)13(10)14/h3-5,8-9,15H,6-7,14H2,1-2H3. The summed E-state index contributed by atoms with van der Waals surface area (Å²) in [6, 6.07) is 5.70. The van der Waals surface area contributed by atoms with Gasteiger partial charge < -0.3 is 20.4 Å². The number of hydrogen-bond donors (Lipinski definition) is 2. The first-order valence-electron chi connectivity index (χ1n) is 5.85. The second-order valence-electron chi connectivity index (χ2n) is 4.05. The molecule has 1 aromatic carbocycles. The van der Waals surface area contributed by atoms with E-state index in [9.17, 15) is 0 Å². The summed E-state index contributed by atoms with van der Waals surface area (Å²) in [5.41, 5.74) is 7.51. The van der Waals surface area contributed by atoms with E-state index in [0.717, 1.165) is 24.5 Å². The fraction of sp³-hybridized carbons (Fsp3) is 0.308. The van der Waals surface area contributed by atoms with Crippen LogP contribution in [0.4, 0.5) is 11.4 Å². The van der Waals surface area contributed by atoms with Crippen LogP contribution in [0, 0.1) is 0 Å². The summed E-state index contributed by atoms with van der Waals surface area (Å²) < 4.78 is 7.19. The van der Waals surface area contributed by atoms with E-state index in [1.165, 1.54) is 0 Å². The van der Waals surface area contributed by atoms with E-state index in [1.807, 2.05) is 36.0 Å². The molecule has 0 aliphatic rings. The lowest BCUT2D eigenvalue weighted by molar-refractivity contribution is 0.417. The van der Waals surface area contributed by atoms with Gasteiger partial charge in [0.05, 0.1) is 18.5 Å². The maximum atomic E-state index is 5.97. The molecule has 0 fully saturated rings. The highest BCUT2D eigenvalue weighted by molar-refractivity contribution is 5.72. The van der Waals surface area contributed by atoms with E-state index < -0.39 is 0 Å². The first kappa shape index (κ1) is 12.3. The van der Waals surface area contributed by atoms with Crippen molar-refractivity contribution >= 4 is 11.4 Å². The number of nitrogen functional groups attached to an aromatic ring is 1. The van der Waals surface area contributed by atoms with Crippen LogP contribution in [0.2, 0.25) is 0 Å². The maximum Gasteiger partial charge on any atom is 0.143 e. The van der Waals surface area contributed by atoms with Gasteiger partial charge >= 0.3 is 0 Å². The van der Waals surface area contributed by atoms with Gasteiger partial charge in [-0.2, -0.15) is 0 Å². The Balaban J connectivity index is 1.96. The van der Waals surface area contributed by atoms with Crippen LogP contribution >= 0.6 is 0 Å². The van der Waals surface area contributed by atoms with Gasteiger partial charge in [0.1, 0.15) is 11.6 Å². The number of nitrogens with two attached hydrogens (primary N) is 1. The zero-order valence-electron chi connectivity index (χ0n) is 10.7. The third-order valence-corrected chi connectivity index (χ3v) is 2.87. The van der Waals surface area contributed by atoms with Crippen molar-refractivity contribution in [2.75, 3.05) is 24.7 Å². The van der Waals surface area contributed by atoms with Crippen molar-refractivity contribution in [3.63, 3.8) is 0 Å². The van der Waals surface area contributed by atoms with Crippen LogP contribution in [0.5, 0.6) is 5.75 Å². The summed E-state index contributed by atoms with van der Waals surface area (Å²) in [4.78, 5) is 4.27. The molecule has 5 nitrogen and oxygen atoms in total. The first-order chi connectivity index (χ1) is 8.72. The molecular weight excluding hydrogens is 228 g/mol. The Morgan fingerprint density at radius 3 is 2.94 bits per heavy atom. The summed E-state index contributed by atoms with van der Waals surface area (Å²) in [5, 5.41) is 3.29. The van der Waals surface area contributed by atoms with E-state index in [-0.39, 0.29) is 0 Å². The largest absolute Gasteiger partial charge is 0.495 e. The van der Waals surface area contributed by atoms with E-state index in [4.69, 9.17) is 10.5 Å². The Hall–Kier alpha value is -2.17. The molecule has 0 aliphatic heterocycles. The normalized spacial score (nSPS) is 10.3. The Morgan fingerprint density at radius 1 is 1.44 bits per heavy atom. The minimum absolute atomic E-state index is 0.639. The lowest BCUT2D eigenvalue weighted by atomic mass is 10.2. The Kier molecular flexibility index (Phi) is 3.72. The molecule has 0 amide bonds. The zero-order chi connectivity index (χ0) is 13.0. The molecule has 2 aromatic rings. The molecular formula is C13H18N4O. The lowest BCUT2D eigenvalue weighted by Crippen LogP contribution is -2.10. The minimum atomic E-state index is 0.639. The van der Waals surface area contributed by atoms with Crippen molar-refractivity contribution in [1.82, 2.24) is 9.55 Å². The molecule has 0 bridgehead atoms. The van der Waals surface area contributed by atoms with Crippen LogP contribution in [0.3, 0.4) is 0 Å². The zero-order valence-corrected chi connectivity index (χ0v) is 10.7. The predicted molar refractivity (Wildman–Crippen MR) is 72.8 cm³/mol. The number of aryl methyl sites for hydroxylation is 1. The maximum absolute atomic E-state index is 5.97. The Morgan fingerprint density at radius 2 is 2.28 bits per heavy atom. The van der Waals surface area contributed by atoms with E-state index in [1.54, 1.807) is 13.3 Å². The van der Waals surface area contributed by atoms with Crippen LogP contribution in [0.25, 0.3) is 0 Å². The van der Waals surface area contributed by atoms with Crippen molar-refractivity contribution in [3.8, 4) is 5.75 Å². The van der Waals surface area contributed by atoms with Gasteiger partial charge in [-0.1, -0.05) is 6.07 Å². The number of imidazole rings is 1. The van der Waals surface area contributed by atoms with Crippen molar-refractivity contribution in [2.24, 2.45) is 7.05 Å². The fourth-order valence-corrected chi connectivity index (χ4v) is 1.82. The van der Waals surface area contributed by atoms with Gasteiger partial charge in [0.25, 0.3) is 0 Å². The van der Waals surface area contributed by atoms with Crippen LogP contribution in [0.1, 0.15) is 5.82 Å². The number of aromatic nitrogens is 2. The van der Waals surface area contributed by atoms with Crippen LogP contribution in [-0.2, 0) is 13.5 Å². The van der Waals surface area contributed by atoms with Crippen LogP contribution < -0.4 is 15.8 Å². The molecule has 96 valence electrons. The van der Waals surface area contributed by atoms with Gasteiger partial charge in [-0.3, -0.25) is 0 Å². The number of anilines is 2. The molecule has 0 saturated carbocycles. The van der Waals surface area contributed by atoms with Gasteiger partial charge in [0, 0.05) is 32.4 Å². The molecule has 0 radical (unpaired) electrons. The highest BCUT2D eigenvalue weighted by atomic mass is 16.5. The third kappa shape index (κ3) is 2.56. The molecule has 0 saturated heterocycles. The number of para-hydroxylation sites is 1. The van der Waals surface area contributed by atoms with Crippen molar-refractivity contribution < 1.29 is 4.74 Å². The number of nitrogens with zero attached hydrogens (tertiary/aromatic N) is 2. The van der Waals surface area contributed by atoms with Gasteiger partial charge in [0.2, 0.25) is 0 Å². The molecule has 0 atom stereocenters. The van der Waals surface area contributed by atoms with E-state index >= 15 is 0 Å². The quantitative estimate of drug-likeness (QED) is 0.788. The van der Waals surface area contributed by atoms with Crippen molar-refractivity contribution in [1.29, 1.82) is 0 Å². The fourth-order valence-electron chi connectivity index (χ4n) is 1.82. The second kappa shape index (κ2) is 5.44. The second-order valence-corrected chi connectivity index (χ2v) is 4.05. The van der Waals surface area contributed by atoms with Gasteiger partial charge in [-0.25, -0.2) is 4.98 Å². The number of hydrogen-bond acceptors (Lipinski definition) is 4. The molecule has 0 spiro atoms. The summed E-state index contributed by atoms with van der Waals surface area (Å²) in [6.07, 6.45) is 4.59. The number of methoxy groups -OCH3 is 1. The van der Waals surface area contributed by atoms with Crippen molar-refractivity contribution in [2.45, 2.75) is 6.42 Å². The highest BCUT2D eigenvalue weighted by Gasteiger charge is 2.05. The summed E-state index contributed by atoms with van der Waals surface area (Å²) in [5.74, 6) is 1.74. The van der Waals surface area contributed by atoms with Crippen LogP contribution in [-0.4, -0.2) is 23.2 Å². The summed E-state index contributed by atoms with van der Waals surface area (Å²) in [6.45, 7) is 0.780. The molecule has 1 aromatic heterocycles. The monoisotopic (exact) mass is 246 g/mol. The molecule has 1 heterocycles. The molecule has 0 unspecified atom stereocenters. The lowest BCUT2D eigenvalue weighted by Gasteiger charge is -2.12. The average Bonchev–Trinajstić information content (AvgIpc) is 2.77. The van der Waals surface area contributed by atoms with Crippen LogP contribution in [0.15, 0.2) is 30.6 Å². The summed E-state index contributed by atoms with van der Waals surface area (Å²) >= 11 is 0. The number of benzene rings is 1. The van der Waals surface area contributed by atoms with E-state index in [0.29, 0.717) is 11.4 Å². The van der Waals surface area contributed by atoms with Crippen molar-refractivity contribution in [3.05, 3.63) is 36.4 Å². The molecule has 3 N–H and O–H groups in total.